The van der Waals surface area contributed by atoms with Crippen LogP contribution in [0.15, 0.2) is 17.0 Å². The van der Waals surface area contributed by atoms with Crippen LogP contribution < -0.4 is 5.73 Å². The smallest absolute Gasteiger partial charge is 0.243 e. The summed E-state index contributed by atoms with van der Waals surface area (Å²) in [5.74, 6) is 0. The van der Waals surface area contributed by atoms with E-state index in [9.17, 15) is 8.42 Å². The lowest BCUT2D eigenvalue weighted by molar-refractivity contribution is 0.291. The highest BCUT2D eigenvalue weighted by molar-refractivity contribution is 7.89. The fraction of sp³-hybridized carbons (Fsp3) is 0.600. The Hall–Kier alpha value is -1.11. The molecule has 1 saturated heterocycles. The Morgan fingerprint density at radius 2 is 2.00 bits per heavy atom. The molecule has 0 spiro atoms. The zero-order valence-electron chi connectivity index (χ0n) is 13.3. The van der Waals surface area contributed by atoms with E-state index < -0.39 is 10.0 Å². The Bertz CT molecular complexity index is 603. The summed E-state index contributed by atoms with van der Waals surface area (Å²) in [6, 6.07) is 3.36. The molecule has 1 aliphatic heterocycles. The molecule has 0 bridgehead atoms. The van der Waals surface area contributed by atoms with Gasteiger partial charge >= 0.3 is 0 Å². The number of rotatable bonds is 4. The SMILES string of the molecule is Cc1cc(S(=O)(=O)N2CCCC2CN(C)C)cc(N)c1C. The molecule has 6 heteroatoms. The lowest BCUT2D eigenvalue weighted by atomic mass is 10.1. The summed E-state index contributed by atoms with van der Waals surface area (Å²) in [7, 11) is 0.470. The van der Waals surface area contributed by atoms with Gasteiger partial charge in [-0.05, 0) is 64.0 Å². The molecule has 2 N–H and O–H groups in total. The zero-order chi connectivity index (χ0) is 15.8. The molecule has 0 radical (unpaired) electrons. The van der Waals surface area contributed by atoms with Crippen molar-refractivity contribution in [3.05, 3.63) is 23.3 Å². The van der Waals surface area contributed by atoms with Crippen LogP contribution in [-0.2, 0) is 10.0 Å². The molecule has 1 atom stereocenters. The Labute approximate surface area is 127 Å². The third-order valence-corrected chi connectivity index (χ3v) is 6.12. The van der Waals surface area contributed by atoms with E-state index >= 15 is 0 Å². The summed E-state index contributed by atoms with van der Waals surface area (Å²) < 4.78 is 27.4. The highest BCUT2D eigenvalue weighted by Crippen LogP contribution is 2.29. The molecule has 2 rings (SSSR count). The van der Waals surface area contributed by atoms with Gasteiger partial charge in [0, 0.05) is 24.8 Å². The number of nitrogen functional groups attached to an aromatic ring is 1. The molecule has 0 aromatic heterocycles. The second-order valence-corrected chi connectivity index (χ2v) is 8.02. The first-order valence-electron chi connectivity index (χ1n) is 7.26. The van der Waals surface area contributed by atoms with Crippen LogP contribution in [0.2, 0.25) is 0 Å². The number of hydrogen-bond acceptors (Lipinski definition) is 4. The molecular weight excluding hydrogens is 286 g/mol. The van der Waals surface area contributed by atoms with Crippen molar-refractivity contribution in [3.8, 4) is 0 Å². The molecule has 1 aliphatic rings. The summed E-state index contributed by atoms with van der Waals surface area (Å²) in [4.78, 5) is 2.35. The van der Waals surface area contributed by atoms with Gasteiger partial charge in [0.25, 0.3) is 0 Å². The largest absolute Gasteiger partial charge is 0.398 e. The average molecular weight is 311 g/mol. The molecule has 21 heavy (non-hydrogen) atoms. The summed E-state index contributed by atoms with van der Waals surface area (Å²) in [6.45, 7) is 5.14. The third-order valence-electron chi connectivity index (χ3n) is 4.19. The molecule has 1 fully saturated rings. The Morgan fingerprint density at radius 1 is 1.33 bits per heavy atom. The maximum Gasteiger partial charge on any atom is 0.243 e. The number of likely N-dealkylation sites (N-methyl/N-ethyl adjacent to an activating group) is 1. The van der Waals surface area contributed by atoms with Crippen LogP contribution in [0.3, 0.4) is 0 Å². The molecule has 1 unspecified atom stereocenters. The normalized spacial score (nSPS) is 20.3. The van der Waals surface area contributed by atoms with E-state index in [4.69, 9.17) is 5.73 Å². The summed E-state index contributed by atoms with van der Waals surface area (Å²) in [6.07, 6.45) is 1.83. The van der Waals surface area contributed by atoms with Gasteiger partial charge in [0.2, 0.25) is 10.0 Å². The van der Waals surface area contributed by atoms with Crippen LogP contribution in [0.25, 0.3) is 0 Å². The molecule has 118 valence electrons. The molecule has 0 saturated carbocycles. The summed E-state index contributed by atoms with van der Waals surface area (Å²) in [5.41, 5.74) is 8.34. The molecular formula is C15H25N3O2S. The van der Waals surface area contributed by atoms with Gasteiger partial charge in [-0.3, -0.25) is 0 Å². The minimum atomic E-state index is -3.47. The first kappa shape index (κ1) is 16.3. The van der Waals surface area contributed by atoms with Crippen molar-refractivity contribution in [2.45, 2.75) is 37.6 Å². The number of aryl methyl sites for hydroxylation is 1. The first-order valence-corrected chi connectivity index (χ1v) is 8.71. The summed E-state index contributed by atoms with van der Waals surface area (Å²) in [5, 5.41) is 0. The fourth-order valence-corrected chi connectivity index (χ4v) is 4.67. The Kier molecular flexibility index (Phi) is 4.60. The maximum absolute atomic E-state index is 12.9. The topological polar surface area (TPSA) is 66.6 Å². The molecule has 5 nitrogen and oxygen atoms in total. The molecule has 0 amide bonds. The summed E-state index contributed by atoms with van der Waals surface area (Å²) >= 11 is 0. The van der Waals surface area contributed by atoms with Crippen molar-refractivity contribution < 1.29 is 8.42 Å². The highest BCUT2D eigenvalue weighted by atomic mass is 32.2. The predicted molar refractivity (Wildman–Crippen MR) is 85.8 cm³/mol. The van der Waals surface area contributed by atoms with E-state index in [1.165, 1.54) is 0 Å². The van der Waals surface area contributed by atoms with Gasteiger partial charge in [-0.15, -0.1) is 0 Å². The minimum absolute atomic E-state index is 0.0489. The number of anilines is 1. The van der Waals surface area contributed by atoms with E-state index in [1.54, 1.807) is 16.4 Å². The van der Waals surface area contributed by atoms with Gasteiger partial charge < -0.3 is 10.6 Å². The number of sulfonamides is 1. The van der Waals surface area contributed by atoms with Crippen molar-refractivity contribution in [2.75, 3.05) is 32.9 Å². The van der Waals surface area contributed by atoms with Crippen LogP contribution in [0.4, 0.5) is 5.69 Å². The van der Waals surface area contributed by atoms with E-state index in [2.05, 4.69) is 0 Å². The van der Waals surface area contributed by atoms with Gasteiger partial charge in [-0.1, -0.05) is 0 Å². The van der Waals surface area contributed by atoms with E-state index in [0.717, 1.165) is 30.5 Å². The lowest BCUT2D eigenvalue weighted by Crippen LogP contribution is -2.41. The predicted octanol–water partition coefficient (Wildman–Crippen LogP) is 1.60. The van der Waals surface area contributed by atoms with E-state index in [0.29, 0.717) is 17.1 Å². The standard InChI is InChI=1S/C15H25N3O2S/c1-11-8-14(9-15(16)12(11)2)21(19,20)18-7-5-6-13(18)10-17(3)4/h8-9,13H,5-7,10,16H2,1-4H3. The highest BCUT2D eigenvalue weighted by Gasteiger charge is 2.35. The second-order valence-electron chi connectivity index (χ2n) is 6.13. The minimum Gasteiger partial charge on any atom is -0.398 e. The van der Waals surface area contributed by atoms with Crippen LogP contribution in [0.1, 0.15) is 24.0 Å². The van der Waals surface area contributed by atoms with Gasteiger partial charge in [-0.2, -0.15) is 4.31 Å². The average Bonchev–Trinajstić information content (AvgIpc) is 2.83. The quantitative estimate of drug-likeness (QED) is 0.858. The van der Waals surface area contributed by atoms with Gasteiger partial charge in [0.15, 0.2) is 0 Å². The van der Waals surface area contributed by atoms with Gasteiger partial charge in [0.05, 0.1) is 4.90 Å². The number of benzene rings is 1. The van der Waals surface area contributed by atoms with Crippen molar-refractivity contribution in [2.24, 2.45) is 0 Å². The molecule has 1 aromatic carbocycles. The van der Waals surface area contributed by atoms with Crippen molar-refractivity contribution in [1.82, 2.24) is 9.21 Å². The van der Waals surface area contributed by atoms with Crippen LogP contribution >= 0.6 is 0 Å². The first-order chi connectivity index (χ1) is 9.73. The maximum atomic E-state index is 12.9. The van der Waals surface area contributed by atoms with Crippen molar-refractivity contribution in [3.63, 3.8) is 0 Å². The lowest BCUT2D eigenvalue weighted by Gasteiger charge is -2.26. The number of nitrogens with zero attached hydrogens (tertiary/aromatic N) is 2. The fourth-order valence-electron chi connectivity index (χ4n) is 2.87. The monoisotopic (exact) mass is 311 g/mol. The third kappa shape index (κ3) is 3.22. The van der Waals surface area contributed by atoms with Gasteiger partial charge in [0.1, 0.15) is 0 Å². The molecule has 1 heterocycles. The molecule has 1 aromatic rings. The van der Waals surface area contributed by atoms with Crippen molar-refractivity contribution >= 4 is 15.7 Å². The van der Waals surface area contributed by atoms with Gasteiger partial charge in [-0.25, -0.2) is 8.42 Å². The zero-order valence-corrected chi connectivity index (χ0v) is 14.1. The second kappa shape index (κ2) is 5.94. The number of hydrogen-bond donors (Lipinski definition) is 1. The Balaban J connectivity index is 2.37. The van der Waals surface area contributed by atoms with E-state index in [1.807, 2.05) is 32.8 Å². The van der Waals surface area contributed by atoms with Crippen LogP contribution in [0, 0.1) is 13.8 Å². The van der Waals surface area contributed by atoms with Crippen molar-refractivity contribution in [1.29, 1.82) is 0 Å². The Morgan fingerprint density at radius 3 is 2.57 bits per heavy atom. The number of nitrogens with two attached hydrogens (primary N) is 1. The van der Waals surface area contributed by atoms with Crippen LogP contribution in [0.5, 0.6) is 0 Å². The van der Waals surface area contributed by atoms with E-state index in [-0.39, 0.29) is 6.04 Å². The molecule has 0 aliphatic carbocycles. The van der Waals surface area contributed by atoms with Crippen LogP contribution in [-0.4, -0.2) is 50.8 Å².